The minimum absolute atomic E-state index is 0.0677. The summed E-state index contributed by atoms with van der Waals surface area (Å²) < 4.78 is 28.5. The molecule has 7 nitrogen and oxygen atoms in total. The number of nitrogens with one attached hydrogen (secondary N) is 1. The van der Waals surface area contributed by atoms with Crippen molar-refractivity contribution in [3.8, 4) is 5.69 Å². The van der Waals surface area contributed by atoms with Gasteiger partial charge in [-0.15, -0.1) is 0 Å². The summed E-state index contributed by atoms with van der Waals surface area (Å²) in [5.41, 5.74) is 2.23. The molecule has 2 aromatic rings. The van der Waals surface area contributed by atoms with Crippen LogP contribution in [0.4, 0.5) is 0 Å². The van der Waals surface area contributed by atoms with Crippen molar-refractivity contribution in [3.05, 3.63) is 46.7 Å². The van der Waals surface area contributed by atoms with E-state index in [1.165, 1.54) is 0 Å². The van der Waals surface area contributed by atoms with Gasteiger partial charge >= 0.3 is 0 Å². The standard InChI is InChI=1S/C21H29ClN4O3S/c1-4-12-30(28,29)24-17-8-10-25(11-9-17)21(27)19-14-23-26(20(19)15(2)3)18-7-5-6-16(22)13-18/h5-7,13-15,17,24H,4,8-12H2,1-3H3. The summed E-state index contributed by atoms with van der Waals surface area (Å²) in [6.45, 7) is 6.93. The molecule has 0 unspecified atom stereocenters. The molecule has 1 aliphatic rings. The Balaban J connectivity index is 1.75. The number of carbonyl (C=O) groups excluding carboxylic acids is 1. The van der Waals surface area contributed by atoms with Crippen LogP contribution in [0.3, 0.4) is 0 Å². The predicted octanol–water partition coefficient (Wildman–Crippen LogP) is 3.58. The van der Waals surface area contributed by atoms with E-state index in [4.69, 9.17) is 11.6 Å². The molecule has 0 atom stereocenters. The molecular weight excluding hydrogens is 424 g/mol. The average molecular weight is 453 g/mol. The highest BCUT2D eigenvalue weighted by Crippen LogP contribution is 2.26. The summed E-state index contributed by atoms with van der Waals surface area (Å²) in [4.78, 5) is 15.0. The minimum atomic E-state index is -3.25. The topological polar surface area (TPSA) is 84.3 Å². The van der Waals surface area contributed by atoms with Gasteiger partial charge in [-0.05, 0) is 43.4 Å². The first-order valence-corrected chi connectivity index (χ1v) is 12.4. The Hall–Kier alpha value is -1.90. The summed E-state index contributed by atoms with van der Waals surface area (Å²) in [5.74, 6) is 0.151. The fourth-order valence-electron chi connectivity index (χ4n) is 3.84. The van der Waals surface area contributed by atoms with Gasteiger partial charge in [-0.25, -0.2) is 17.8 Å². The number of hydrogen-bond acceptors (Lipinski definition) is 4. The van der Waals surface area contributed by atoms with Gasteiger partial charge in [0.15, 0.2) is 0 Å². The zero-order chi connectivity index (χ0) is 21.9. The Morgan fingerprint density at radius 2 is 2.00 bits per heavy atom. The van der Waals surface area contributed by atoms with Crippen molar-refractivity contribution < 1.29 is 13.2 Å². The second-order valence-corrected chi connectivity index (χ2v) is 10.3. The van der Waals surface area contributed by atoms with Crippen LogP contribution in [0.1, 0.15) is 62.0 Å². The highest BCUT2D eigenvalue weighted by Gasteiger charge is 2.29. The van der Waals surface area contributed by atoms with E-state index < -0.39 is 10.0 Å². The summed E-state index contributed by atoms with van der Waals surface area (Å²) in [6.07, 6.45) is 3.41. The van der Waals surface area contributed by atoms with Crippen LogP contribution in [0.25, 0.3) is 5.69 Å². The van der Waals surface area contributed by atoms with E-state index >= 15 is 0 Å². The first kappa shape index (κ1) is 22.8. The Morgan fingerprint density at radius 3 is 2.60 bits per heavy atom. The second kappa shape index (κ2) is 9.49. The molecule has 164 valence electrons. The van der Waals surface area contributed by atoms with E-state index in [0.29, 0.717) is 42.9 Å². The zero-order valence-corrected chi connectivity index (χ0v) is 19.2. The number of carbonyl (C=O) groups is 1. The third kappa shape index (κ3) is 5.22. The van der Waals surface area contributed by atoms with Crippen LogP contribution in [0.5, 0.6) is 0 Å². The third-order valence-electron chi connectivity index (χ3n) is 5.24. The molecule has 0 radical (unpaired) electrons. The SMILES string of the molecule is CCCS(=O)(=O)NC1CCN(C(=O)c2cnn(-c3cccc(Cl)c3)c2C(C)C)CC1. The molecule has 3 rings (SSSR count). The fraction of sp³-hybridized carbons (Fsp3) is 0.524. The van der Waals surface area contributed by atoms with Crippen molar-refractivity contribution in [2.24, 2.45) is 0 Å². The highest BCUT2D eigenvalue weighted by atomic mass is 35.5. The van der Waals surface area contributed by atoms with Crippen LogP contribution in [0, 0.1) is 0 Å². The van der Waals surface area contributed by atoms with Crippen molar-refractivity contribution in [1.82, 2.24) is 19.4 Å². The van der Waals surface area contributed by atoms with E-state index in [1.807, 2.05) is 39.0 Å². The van der Waals surface area contributed by atoms with Crippen LogP contribution >= 0.6 is 11.6 Å². The molecule has 1 amide bonds. The van der Waals surface area contributed by atoms with Gasteiger partial charge in [0.1, 0.15) is 0 Å². The van der Waals surface area contributed by atoms with Gasteiger partial charge in [0, 0.05) is 24.2 Å². The molecule has 1 saturated heterocycles. The Kier molecular flexibility index (Phi) is 7.21. The maximum atomic E-state index is 13.2. The number of aromatic nitrogens is 2. The summed E-state index contributed by atoms with van der Waals surface area (Å²) in [5, 5.41) is 5.08. The molecule has 0 saturated carbocycles. The number of sulfonamides is 1. The molecule has 0 aliphatic carbocycles. The van der Waals surface area contributed by atoms with Crippen LogP contribution in [-0.2, 0) is 10.0 Å². The first-order valence-electron chi connectivity index (χ1n) is 10.3. The van der Waals surface area contributed by atoms with E-state index in [0.717, 1.165) is 11.4 Å². The Bertz CT molecular complexity index is 995. The summed E-state index contributed by atoms with van der Waals surface area (Å²) in [6, 6.07) is 7.27. The van der Waals surface area contributed by atoms with Crippen molar-refractivity contribution in [1.29, 1.82) is 0 Å². The molecule has 0 spiro atoms. The van der Waals surface area contributed by atoms with Gasteiger partial charge in [-0.3, -0.25) is 4.79 Å². The number of halogens is 1. The van der Waals surface area contributed by atoms with Gasteiger partial charge in [0.05, 0.1) is 28.9 Å². The van der Waals surface area contributed by atoms with Gasteiger partial charge in [0.25, 0.3) is 5.91 Å². The normalized spacial score (nSPS) is 15.7. The Morgan fingerprint density at radius 1 is 1.30 bits per heavy atom. The van der Waals surface area contributed by atoms with Crippen molar-refractivity contribution in [2.75, 3.05) is 18.8 Å². The van der Waals surface area contributed by atoms with Crippen LogP contribution < -0.4 is 4.72 Å². The molecule has 1 aliphatic heterocycles. The van der Waals surface area contributed by atoms with Gasteiger partial charge in [-0.1, -0.05) is 38.4 Å². The lowest BCUT2D eigenvalue weighted by molar-refractivity contribution is 0.0709. The summed E-state index contributed by atoms with van der Waals surface area (Å²) in [7, 11) is -3.25. The lowest BCUT2D eigenvalue weighted by Gasteiger charge is -2.32. The average Bonchev–Trinajstić information content (AvgIpc) is 3.13. The molecule has 1 aromatic carbocycles. The molecule has 1 aromatic heterocycles. The number of amides is 1. The number of likely N-dealkylation sites (tertiary alicyclic amines) is 1. The smallest absolute Gasteiger partial charge is 0.257 e. The fourth-order valence-corrected chi connectivity index (χ4v) is 5.43. The molecule has 9 heteroatoms. The number of nitrogens with zero attached hydrogens (tertiary/aromatic N) is 3. The predicted molar refractivity (Wildman–Crippen MR) is 119 cm³/mol. The van der Waals surface area contributed by atoms with Crippen LogP contribution in [0.2, 0.25) is 5.02 Å². The van der Waals surface area contributed by atoms with E-state index in [-0.39, 0.29) is 23.6 Å². The first-order chi connectivity index (χ1) is 14.2. The largest absolute Gasteiger partial charge is 0.338 e. The highest BCUT2D eigenvalue weighted by molar-refractivity contribution is 7.89. The van der Waals surface area contributed by atoms with E-state index in [9.17, 15) is 13.2 Å². The molecule has 2 heterocycles. The van der Waals surface area contributed by atoms with Gasteiger partial charge < -0.3 is 4.90 Å². The minimum Gasteiger partial charge on any atom is -0.338 e. The summed E-state index contributed by atoms with van der Waals surface area (Å²) >= 11 is 6.13. The quantitative estimate of drug-likeness (QED) is 0.695. The van der Waals surface area contributed by atoms with Crippen molar-refractivity contribution >= 4 is 27.5 Å². The number of hydrogen-bond donors (Lipinski definition) is 1. The van der Waals surface area contributed by atoms with Gasteiger partial charge in [-0.2, -0.15) is 5.10 Å². The third-order valence-corrected chi connectivity index (χ3v) is 7.11. The van der Waals surface area contributed by atoms with Crippen molar-refractivity contribution in [2.45, 2.75) is 52.0 Å². The van der Waals surface area contributed by atoms with Crippen molar-refractivity contribution in [3.63, 3.8) is 0 Å². The number of piperidine rings is 1. The lowest BCUT2D eigenvalue weighted by Crippen LogP contribution is -2.47. The number of rotatable bonds is 7. The molecule has 1 fully saturated rings. The maximum absolute atomic E-state index is 13.2. The molecule has 0 bridgehead atoms. The molecule has 30 heavy (non-hydrogen) atoms. The molecule has 1 N–H and O–H groups in total. The van der Waals surface area contributed by atoms with Crippen LogP contribution in [0.15, 0.2) is 30.5 Å². The van der Waals surface area contributed by atoms with Gasteiger partial charge in [0.2, 0.25) is 10.0 Å². The van der Waals surface area contributed by atoms with E-state index in [1.54, 1.807) is 21.8 Å². The number of benzene rings is 1. The lowest BCUT2D eigenvalue weighted by atomic mass is 10.0. The van der Waals surface area contributed by atoms with E-state index in [2.05, 4.69) is 9.82 Å². The monoisotopic (exact) mass is 452 g/mol. The Labute approximate surface area is 183 Å². The second-order valence-electron chi connectivity index (χ2n) is 7.99. The maximum Gasteiger partial charge on any atom is 0.257 e. The molecular formula is C21H29ClN4O3S. The zero-order valence-electron chi connectivity index (χ0n) is 17.6. The van der Waals surface area contributed by atoms with Crippen LogP contribution in [-0.4, -0.2) is 53.9 Å².